The molecule has 156 valence electrons. The Morgan fingerprint density at radius 2 is 0.839 bits per heavy atom. The molecular formula is C26H26O3Si2. The van der Waals surface area contributed by atoms with Gasteiger partial charge >= 0.3 is 0 Å². The van der Waals surface area contributed by atoms with Gasteiger partial charge in [-0.3, -0.25) is 0 Å². The van der Waals surface area contributed by atoms with Crippen LogP contribution in [0.25, 0.3) is 0 Å². The first-order valence-corrected chi connectivity index (χ1v) is 13.6. The van der Waals surface area contributed by atoms with Gasteiger partial charge < -0.3 is 13.6 Å². The fraction of sp³-hybridized carbons (Fsp3) is 0.0769. The average Bonchev–Trinajstić information content (AvgIpc) is 2.86. The number of hydrogen-bond acceptors (Lipinski definition) is 3. The van der Waals surface area contributed by atoms with Gasteiger partial charge in [-0.15, -0.1) is 0 Å². The summed E-state index contributed by atoms with van der Waals surface area (Å²) >= 11 is 0. The van der Waals surface area contributed by atoms with Gasteiger partial charge in [-0.1, -0.05) is 84.9 Å². The SMILES string of the molecule is COc1cccc([SiH](O[SiH](c2ccccc2)c2cccc(OC)c2)c2ccccc2)c1. The van der Waals surface area contributed by atoms with Gasteiger partial charge in [-0.05, 0) is 45.0 Å². The second-order valence-electron chi connectivity index (χ2n) is 7.27. The topological polar surface area (TPSA) is 27.7 Å². The minimum atomic E-state index is -1.97. The van der Waals surface area contributed by atoms with E-state index in [2.05, 4.69) is 84.9 Å². The summed E-state index contributed by atoms with van der Waals surface area (Å²) in [5.74, 6) is 1.71. The number of benzene rings is 4. The lowest BCUT2D eigenvalue weighted by Crippen LogP contribution is -2.55. The Kier molecular flexibility index (Phi) is 6.99. The Morgan fingerprint density at radius 3 is 1.23 bits per heavy atom. The molecule has 0 aliphatic rings. The molecule has 4 rings (SSSR count). The standard InChI is InChI=1S/C26H26O3Si2/c1-27-21-11-9-17-25(19-21)30(23-13-5-3-6-14-23)29-31(24-15-7-4-8-16-24)26-18-10-12-22(20-26)28-2/h3-20,30-31H,1-2H3. The highest BCUT2D eigenvalue weighted by molar-refractivity contribution is 6.91. The lowest BCUT2D eigenvalue weighted by Gasteiger charge is -2.25. The zero-order valence-corrected chi connectivity index (χ0v) is 20.1. The van der Waals surface area contributed by atoms with Gasteiger partial charge in [0.1, 0.15) is 11.5 Å². The summed E-state index contributed by atoms with van der Waals surface area (Å²) in [6.07, 6.45) is 0. The molecule has 0 radical (unpaired) electrons. The minimum absolute atomic E-state index is 0.855. The second kappa shape index (κ2) is 10.3. The van der Waals surface area contributed by atoms with Crippen molar-refractivity contribution < 1.29 is 13.6 Å². The van der Waals surface area contributed by atoms with Gasteiger partial charge in [-0.2, -0.15) is 0 Å². The molecule has 2 atom stereocenters. The fourth-order valence-electron chi connectivity index (χ4n) is 3.70. The van der Waals surface area contributed by atoms with Crippen LogP contribution < -0.4 is 30.2 Å². The zero-order valence-electron chi connectivity index (χ0n) is 17.8. The molecule has 5 heteroatoms. The molecule has 0 aromatic heterocycles. The number of hydrogen-bond donors (Lipinski definition) is 0. The van der Waals surface area contributed by atoms with Crippen LogP contribution in [0.15, 0.2) is 109 Å². The Balaban J connectivity index is 1.80. The van der Waals surface area contributed by atoms with E-state index in [1.54, 1.807) is 14.2 Å². The lowest BCUT2D eigenvalue weighted by atomic mass is 10.3. The van der Waals surface area contributed by atoms with Gasteiger partial charge in [0.15, 0.2) is 0 Å². The summed E-state index contributed by atoms with van der Waals surface area (Å²) in [7, 11) is -0.537. The van der Waals surface area contributed by atoms with Gasteiger partial charge in [0, 0.05) is 0 Å². The third-order valence-electron chi connectivity index (χ3n) is 5.27. The van der Waals surface area contributed by atoms with Crippen molar-refractivity contribution >= 4 is 38.8 Å². The number of rotatable bonds is 8. The maximum absolute atomic E-state index is 7.16. The molecule has 0 saturated carbocycles. The summed E-state index contributed by atoms with van der Waals surface area (Å²) < 4.78 is 18.2. The van der Waals surface area contributed by atoms with Crippen molar-refractivity contribution in [3.05, 3.63) is 109 Å². The largest absolute Gasteiger partial charge is 0.497 e. The van der Waals surface area contributed by atoms with Crippen LogP contribution in [-0.2, 0) is 4.12 Å². The average molecular weight is 443 g/mol. The summed E-state index contributed by atoms with van der Waals surface area (Å²) in [4.78, 5) is 0. The van der Waals surface area contributed by atoms with Crippen molar-refractivity contribution in [1.82, 2.24) is 0 Å². The molecule has 0 bridgehead atoms. The van der Waals surface area contributed by atoms with Crippen molar-refractivity contribution in [2.45, 2.75) is 0 Å². The van der Waals surface area contributed by atoms with Crippen molar-refractivity contribution in [3.63, 3.8) is 0 Å². The zero-order chi connectivity index (χ0) is 21.5. The van der Waals surface area contributed by atoms with Crippen LogP contribution in [0.4, 0.5) is 0 Å². The molecule has 31 heavy (non-hydrogen) atoms. The molecule has 4 aromatic carbocycles. The Morgan fingerprint density at radius 1 is 0.452 bits per heavy atom. The first-order valence-electron chi connectivity index (χ1n) is 10.3. The Hall–Kier alpha value is -3.13. The third kappa shape index (κ3) is 5.14. The molecule has 0 amide bonds. The van der Waals surface area contributed by atoms with E-state index in [1.165, 1.54) is 20.7 Å². The molecule has 0 heterocycles. The van der Waals surface area contributed by atoms with Crippen molar-refractivity contribution in [3.8, 4) is 11.5 Å². The van der Waals surface area contributed by atoms with E-state index in [-0.39, 0.29) is 0 Å². The van der Waals surface area contributed by atoms with E-state index in [9.17, 15) is 0 Å². The minimum Gasteiger partial charge on any atom is -0.497 e. The predicted molar refractivity (Wildman–Crippen MR) is 133 cm³/mol. The van der Waals surface area contributed by atoms with Crippen LogP contribution >= 0.6 is 0 Å². The molecule has 0 aliphatic carbocycles. The van der Waals surface area contributed by atoms with Crippen LogP contribution in [0.3, 0.4) is 0 Å². The molecule has 0 fully saturated rings. The van der Waals surface area contributed by atoms with Gasteiger partial charge in [-0.25, -0.2) is 0 Å². The van der Waals surface area contributed by atoms with E-state index in [0.29, 0.717) is 0 Å². The third-order valence-corrected chi connectivity index (χ3v) is 11.4. The van der Waals surface area contributed by atoms with Crippen LogP contribution in [-0.4, -0.2) is 32.3 Å². The first kappa shape index (κ1) is 21.1. The molecule has 2 unspecified atom stereocenters. The Bertz CT molecular complexity index is 1010. The van der Waals surface area contributed by atoms with Crippen LogP contribution in [0.2, 0.25) is 0 Å². The molecule has 0 aliphatic heterocycles. The van der Waals surface area contributed by atoms with Gasteiger partial charge in [0.2, 0.25) is 18.1 Å². The maximum Gasteiger partial charge on any atom is 0.228 e. The molecule has 0 N–H and O–H groups in total. The highest BCUT2D eigenvalue weighted by Crippen LogP contribution is 2.10. The highest BCUT2D eigenvalue weighted by Gasteiger charge is 2.26. The number of ether oxygens (including phenoxy) is 2. The van der Waals surface area contributed by atoms with Crippen molar-refractivity contribution in [2.24, 2.45) is 0 Å². The Labute approximate surface area is 187 Å². The van der Waals surface area contributed by atoms with E-state index >= 15 is 0 Å². The normalized spacial score (nSPS) is 12.7. The summed E-state index contributed by atoms with van der Waals surface area (Å²) in [5.41, 5.74) is 0. The van der Waals surface area contributed by atoms with E-state index in [1.807, 2.05) is 24.3 Å². The molecule has 4 aromatic rings. The van der Waals surface area contributed by atoms with Gasteiger partial charge in [0.05, 0.1) is 14.2 Å². The van der Waals surface area contributed by atoms with Gasteiger partial charge in [0.25, 0.3) is 0 Å². The second-order valence-corrected chi connectivity index (χ2v) is 12.5. The molecular weight excluding hydrogens is 416 g/mol. The summed E-state index contributed by atoms with van der Waals surface area (Å²) in [6, 6.07) is 37.8. The van der Waals surface area contributed by atoms with Crippen molar-refractivity contribution in [1.29, 1.82) is 0 Å². The summed E-state index contributed by atoms with van der Waals surface area (Å²) in [6.45, 7) is 0. The molecule has 0 saturated heterocycles. The smallest absolute Gasteiger partial charge is 0.228 e. The summed E-state index contributed by atoms with van der Waals surface area (Å²) in [5, 5.41) is 4.93. The van der Waals surface area contributed by atoms with E-state index in [0.717, 1.165) is 11.5 Å². The van der Waals surface area contributed by atoms with Crippen LogP contribution in [0, 0.1) is 0 Å². The fourth-order valence-corrected chi connectivity index (χ4v) is 10.4. The molecule has 0 spiro atoms. The number of methoxy groups -OCH3 is 2. The lowest BCUT2D eigenvalue weighted by molar-refractivity contribution is 0.415. The highest BCUT2D eigenvalue weighted by atomic mass is 28.4. The monoisotopic (exact) mass is 442 g/mol. The van der Waals surface area contributed by atoms with E-state index < -0.39 is 18.1 Å². The quantitative estimate of drug-likeness (QED) is 0.391. The van der Waals surface area contributed by atoms with Crippen molar-refractivity contribution in [2.75, 3.05) is 14.2 Å². The van der Waals surface area contributed by atoms with Crippen LogP contribution in [0.5, 0.6) is 11.5 Å². The maximum atomic E-state index is 7.16. The van der Waals surface area contributed by atoms with Crippen LogP contribution in [0.1, 0.15) is 0 Å². The molecule has 3 nitrogen and oxygen atoms in total. The predicted octanol–water partition coefficient (Wildman–Crippen LogP) is 2.10. The van der Waals surface area contributed by atoms with E-state index in [4.69, 9.17) is 13.6 Å². The first-order chi connectivity index (χ1) is 15.3.